The number of ether oxygens (including phenoxy) is 3. The fraction of sp³-hybridized carbons (Fsp3) is 0.182. The zero-order chi connectivity index (χ0) is 22.0. The molecule has 0 saturated heterocycles. The lowest BCUT2D eigenvalue weighted by Crippen LogP contribution is -2.21. The van der Waals surface area contributed by atoms with E-state index in [-0.39, 0.29) is 29.8 Å². The highest BCUT2D eigenvalue weighted by atomic mass is 32.1. The molecule has 5 nitrogen and oxygen atoms in total. The lowest BCUT2D eigenvalue weighted by Gasteiger charge is -2.17. The largest absolute Gasteiger partial charge is 0.573 e. The molecule has 0 amide bonds. The van der Waals surface area contributed by atoms with Crippen molar-refractivity contribution < 1.29 is 27.4 Å². The summed E-state index contributed by atoms with van der Waals surface area (Å²) in [6, 6.07) is 11.2. The Morgan fingerprint density at radius 1 is 1.00 bits per heavy atom. The molecular formula is C22H17F3N2O3S. The van der Waals surface area contributed by atoms with Crippen LogP contribution in [0.4, 0.5) is 13.2 Å². The van der Waals surface area contributed by atoms with Gasteiger partial charge in [0.1, 0.15) is 11.5 Å². The van der Waals surface area contributed by atoms with E-state index in [4.69, 9.17) is 9.47 Å². The summed E-state index contributed by atoms with van der Waals surface area (Å²) in [6.07, 6.45) is -4.82. The number of methoxy groups -OCH3 is 1. The zero-order valence-electron chi connectivity index (χ0n) is 16.6. The van der Waals surface area contributed by atoms with Crippen molar-refractivity contribution >= 4 is 23.1 Å². The molecule has 160 valence electrons. The predicted molar refractivity (Wildman–Crippen MR) is 113 cm³/mol. The number of nitrogens with zero attached hydrogens (tertiary/aromatic N) is 2. The van der Waals surface area contributed by atoms with Crippen molar-refractivity contribution in [2.45, 2.75) is 13.3 Å². The number of rotatable bonds is 5. The summed E-state index contributed by atoms with van der Waals surface area (Å²) in [7, 11) is 1.57. The maximum Gasteiger partial charge on any atom is 0.573 e. The van der Waals surface area contributed by atoms with E-state index in [9.17, 15) is 13.2 Å². The Morgan fingerprint density at radius 2 is 1.81 bits per heavy atom. The van der Waals surface area contributed by atoms with Crippen LogP contribution in [0.5, 0.6) is 11.5 Å². The van der Waals surface area contributed by atoms with Gasteiger partial charge in [0.15, 0.2) is 12.6 Å². The molecule has 4 rings (SSSR count). The molecule has 0 atom stereocenters. The van der Waals surface area contributed by atoms with Crippen LogP contribution in [0.3, 0.4) is 0 Å². The molecule has 0 bridgehead atoms. The first-order valence-electron chi connectivity index (χ1n) is 9.18. The smallest absolute Gasteiger partial charge is 0.496 e. The molecule has 0 N–H and O–H groups in total. The van der Waals surface area contributed by atoms with E-state index in [1.54, 1.807) is 30.6 Å². The standard InChI is InChI=1S/C22H17F3N2O3S/c1-13-10-31-11-17(13)15-8-7-14(9-19(15)28-2)21-27-20(26-12-29-21)16-5-3-4-6-18(16)30-22(23,24)25/h3-11H,12H2,1-2H3. The van der Waals surface area contributed by atoms with Crippen LogP contribution < -0.4 is 9.47 Å². The monoisotopic (exact) mass is 446 g/mol. The molecule has 2 aromatic carbocycles. The van der Waals surface area contributed by atoms with E-state index in [2.05, 4.69) is 20.1 Å². The van der Waals surface area contributed by atoms with Gasteiger partial charge in [0.25, 0.3) is 0 Å². The van der Waals surface area contributed by atoms with E-state index in [1.807, 2.05) is 24.4 Å². The Balaban J connectivity index is 1.70. The van der Waals surface area contributed by atoms with Crippen molar-refractivity contribution in [3.05, 3.63) is 69.9 Å². The highest BCUT2D eigenvalue weighted by Gasteiger charge is 2.33. The lowest BCUT2D eigenvalue weighted by atomic mass is 10.0. The molecule has 2 heterocycles. The van der Waals surface area contributed by atoms with Gasteiger partial charge in [0.05, 0.1) is 12.7 Å². The minimum absolute atomic E-state index is 0.0811. The van der Waals surface area contributed by atoms with Crippen LogP contribution in [0.1, 0.15) is 16.7 Å². The second kappa shape index (κ2) is 8.43. The van der Waals surface area contributed by atoms with Gasteiger partial charge in [-0.2, -0.15) is 16.3 Å². The molecule has 0 aliphatic carbocycles. The summed E-state index contributed by atoms with van der Waals surface area (Å²) >= 11 is 1.60. The number of halogens is 3. The SMILES string of the molecule is COc1cc(C2=NC(c3ccccc3OC(F)(F)F)=NCO2)ccc1-c1cscc1C. The van der Waals surface area contributed by atoms with Crippen LogP contribution in [0.15, 0.2) is 63.2 Å². The first-order chi connectivity index (χ1) is 14.9. The van der Waals surface area contributed by atoms with Gasteiger partial charge in [0, 0.05) is 11.1 Å². The van der Waals surface area contributed by atoms with E-state index in [0.717, 1.165) is 16.7 Å². The quantitative estimate of drug-likeness (QED) is 0.497. The third kappa shape index (κ3) is 4.56. The average molecular weight is 446 g/mol. The number of aliphatic imine (C=N–C) groups is 2. The number of alkyl halides is 3. The molecule has 0 unspecified atom stereocenters. The zero-order valence-corrected chi connectivity index (χ0v) is 17.4. The van der Waals surface area contributed by atoms with Crippen LogP contribution in [0.25, 0.3) is 11.1 Å². The topological polar surface area (TPSA) is 52.4 Å². The van der Waals surface area contributed by atoms with Gasteiger partial charge in [-0.3, -0.25) is 0 Å². The maximum absolute atomic E-state index is 12.8. The molecular weight excluding hydrogens is 429 g/mol. The minimum atomic E-state index is -4.82. The number of amidine groups is 1. The van der Waals surface area contributed by atoms with Crippen molar-refractivity contribution in [2.24, 2.45) is 9.98 Å². The second-order valence-corrected chi connectivity index (χ2v) is 7.34. The lowest BCUT2D eigenvalue weighted by molar-refractivity contribution is -0.274. The molecule has 1 aliphatic heterocycles. The summed E-state index contributed by atoms with van der Waals surface area (Å²) in [5.41, 5.74) is 3.88. The highest BCUT2D eigenvalue weighted by molar-refractivity contribution is 7.08. The Kier molecular flexibility index (Phi) is 5.69. The van der Waals surface area contributed by atoms with Crippen molar-refractivity contribution in [1.29, 1.82) is 0 Å². The fourth-order valence-electron chi connectivity index (χ4n) is 3.16. The van der Waals surface area contributed by atoms with Gasteiger partial charge in [-0.15, -0.1) is 13.2 Å². The number of para-hydroxylation sites is 1. The number of aryl methyl sites for hydroxylation is 1. The third-order valence-corrected chi connectivity index (χ3v) is 5.43. The highest BCUT2D eigenvalue weighted by Crippen LogP contribution is 2.35. The summed E-state index contributed by atoms with van der Waals surface area (Å²) in [5, 5.41) is 4.10. The first-order valence-corrected chi connectivity index (χ1v) is 10.1. The predicted octanol–water partition coefficient (Wildman–Crippen LogP) is 5.81. The van der Waals surface area contributed by atoms with Crippen molar-refractivity contribution in [3.63, 3.8) is 0 Å². The normalized spacial score (nSPS) is 13.8. The number of benzene rings is 2. The minimum Gasteiger partial charge on any atom is -0.496 e. The fourth-order valence-corrected chi connectivity index (χ4v) is 4.01. The molecule has 3 aromatic rings. The molecule has 31 heavy (non-hydrogen) atoms. The second-order valence-electron chi connectivity index (χ2n) is 6.60. The van der Waals surface area contributed by atoms with Crippen LogP contribution in [0.2, 0.25) is 0 Å². The molecule has 0 fully saturated rings. The molecule has 1 aromatic heterocycles. The van der Waals surface area contributed by atoms with Gasteiger partial charge < -0.3 is 14.2 Å². The van der Waals surface area contributed by atoms with Crippen LogP contribution in [-0.4, -0.2) is 31.9 Å². The number of thiophene rings is 1. The maximum atomic E-state index is 12.8. The Morgan fingerprint density at radius 3 is 2.52 bits per heavy atom. The molecule has 0 saturated carbocycles. The first kappa shape index (κ1) is 20.9. The molecule has 1 aliphatic rings. The Hall–Kier alpha value is -3.33. The van der Waals surface area contributed by atoms with Crippen molar-refractivity contribution in [3.8, 4) is 22.6 Å². The Bertz CT molecular complexity index is 1170. The summed E-state index contributed by atoms with van der Waals surface area (Å²) in [5.74, 6) is 0.589. The summed E-state index contributed by atoms with van der Waals surface area (Å²) < 4.78 is 53.5. The molecule has 9 heteroatoms. The third-order valence-electron chi connectivity index (χ3n) is 4.57. The molecule has 0 spiro atoms. The average Bonchev–Trinajstić information content (AvgIpc) is 3.18. The van der Waals surface area contributed by atoms with E-state index < -0.39 is 6.36 Å². The number of hydrogen-bond donors (Lipinski definition) is 0. The van der Waals surface area contributed by atoms with Gasteiger partial charge in [-0.1, -0.05) is 12.1 Å². The summed E-state index contributed by atoms with van der Waals surface area (Å²) in [6.45, 7) is 1.94. The summed E-state index contributed by atoms with van der Waals surface area (Å²) in [4.78, 5) is 8.45. The van der Waals surface area contributed by atoms with Crippen LogP contribution in [-0.2, 0) is 4.74 Å². The Labute approximate surface area is 180 Å². The van der Waals surface area contributed by atoms with E-state index >= 15 is 0 Å². The number of hydrogen-bond acceptors (Lipinski definition) is 6. The van der Waals surface area contributed by atoms with Crippen molar-refractivity contribution in [1.82, 2.24) is 0 Å². The van der Waals surface area contributed by atoms with Gasteiger partial charge in [-0.05, 0) is 59.1 Å². The van der Waals surface area contributed by atoms with Gasteiger partial charge >= 0.3 is 6.36 Å². The van der Waals surface area contributed by atoms with E-state index in [1.165, 1.54) is 18.2 Å². The van der Waals surface area contributed by atoms with Crippen LogP contribution in [0, 0.1) is 6.92 Å². The van der Waals surface area contributed by atoms with Crippen LogP contribution >= 0.6 is 11.3 Å². The molecule has 0 radical (unpaired) electrons. The van der Waals surface area contributed by atoms with E-state index in [0.29, 0.717) is 11.3 Å². The van der Waals surface area contributed by atoms with Crippen molar-refractivity contribution in [2.75, 3.05) is 13.8 Å². The van der Waals surface area contributed by atoms with Gasteiger partial charge in [-0.25, -0.2) is 4.99 Å². The van der Waals surface area contributed by atoms with Gasteiger partial charge in [0.2, 0.25) is 5.90 Å².